The standard InChI is InChI=1S/C13H19FN2O3S/c1-16-7-8(6-15)5-10(16)9-3-4-11(20(2,18)19)12(14)13(9)17/h3-4,8,10,17H,5-7,15H2,1-2H3. The molecule has 0 bridgehead atoms. The van der Waals surface area contributed by atoms with Gasteiger partial charge < -0.3 is 10.8 Å². The van der Waals surface area contributed by atoms with Crippen molar-refractivity contribution < 1.29 is 17.9 Å². The van der Waals surface area contributed by atoms with Crippen LogP contribution >= 0.6 is 0 Å². The van der Waals surface area contributed by atoms with E-state index in [2.05, 4.69) is 0 Å². The van der Waals surface area contributed by atoms with Crippen LogP contribution in [0.5, 0.6) is 5.75 Å². The minimum absolute atomic E-state index is 0.147. The fourth-order valence-corrected chi connectivity index (χ4v) is 3.49. The summed E-state index contributed by atoms with van der Waals surface area (Å²) in [6.07, 6.45) is 1.63. The normalized spacial score (nSPS) is 24.2. The first-order valence-corrected chi connectivity index (χ1v) is 8.26. The smallest absolute Gasteiger partial charge is 0.183 e. The number of aromatic hydroxyl groups is 1. The second-order valence-corrected chi connectivity index (χ2v) is 7.36. The van der Waals surface area contributed by atoms with Crippen LogP contribution in [-0.2, 0) is 9.84 Å². The average molecular weight is 302 g/mol. The summed E-state index contributed by atoms with van der Waals surface area (Å²) in [6.45, 7) is 1.31. The highest BCUT2D eigenvalue weighted by Gasteiger charge is 2.33. The first-order chi connectivity index (χ1) is 9.25. The molecule has 0 aromatic heterocycles. The summed E-state index contributed by atoms with van der Waals surface area (Å²) in [5.41, 5.74) is 6.05. The zero-order chi connectivity index (χ0) is 15.1. The Labute approximate surface area is 118 Å². The molecule has 1 fully saturated rings. The third-order valence-corrected chi connectivity index (χ3v) is 4.95. The number of benzene rings is 1. The first-order valence-electron chi connectivity index (χ1n) is 6.37. The quantitative estimate of drug-likeness (QED) is 0.866. The Hall–Kier alpha value is -1.18. The molecule has 1 aromatic carbocycles. The van der Waals surface area contributed by atoms with Crippen LogP contribution in [0.15, 0.2) is 17.0 Å². The third kappa shape index (κ3) is 2.65. The SMILES string of the molecule is CN1CC(CN)CC1c1ccc(S(C)(=O)=O)c(F)c1O. The van der Waals surface area contributed by atoms with Crippen molar-refractivity contribution >= 4 is 9.84 Å². The molecule has 7 heteroatoms. The lowest BCUT2D eigenvalue weighted by Crippen LogP contribution is -2.20. The summed E-state index contributed by atoms with van der Waals surface area (Å²) in [5, 5.41) is 9.98. The lowest BCUT2D eigenvalue weighted by Gasteiger charge is -2.21. The van der Waals surface area contributed by atoms with Gasteiger partial charge in [0.25, 0.3) is 0 Å². The molecule has 0 amide bonds. The van der Waals surface area contributed by atoms with Crippen LogP contribution in [0.25, 0.3) is 0 Å². The number of hydrogen-bond acceptors (Lipinski definition) is 5. The van der Waals surface area contributed by atoms with E-state index in [0.717, 1.165) is 19.2 Å². The molecular weight excluding hydrogens is 283 g/mol. The molecule has 1 heterocycles. The van der Waals surface area contributed by atoms with E-state index in [9.17, 15) is 17.9 Å². The van der Waals surface area contributed by atoms with Gasteiger partial charge in [-0.15, -0.1) is 0 Å². The Balaban J connectivity index is 2.43. The van der Waals surface area contributed by atoms with E-state index in [1.807, 2.05) is 11.9 Å². The number of phenolic OH excluding ortho intramolecular Hbond substituents is 1. The Kier molecular flexibility index (Phi) is 4.04. The summed E-state index contributed by atoms with van der Waals surface area (Å²) in [5.74, 6) is -1.36. The maximum Gasteiger partial charge on any atom is 0.183 e. The second kappa shape index (κ2) is 5.31. The molecule has 0 saturated carbocycles. The molecule has 0 aliphatic carbocycles. The fraction of sp³-hybridized carbons (Fsp3) is 0.538. The van der Waals surface area contributed by atoms with E-state index in [1.165, 1.54) is 12.1 Å². The lowest BCUT2D eigenvalue weighted by atomic mass is 9.99. The molecule has 112 valence electrons. The summed E-state index contributed by atoms with van der Waals surface area (Å²) in [4.78, 5) is 1.52. The average Bonchev–Trinajstić information content (AvgIpc) is 2.72. The molecule has 2 atom stereocenters. The van der Waals surface area contributed by atoms with Gasteiger partial charge in [-0.25, -0.2) is 12.8 Å². The van der Waals surface area contributed by atoms with Crippen LogP contribution in [-0.4, -0.2) is 44.8 Å². The maximum atomic E-state index is 14.0. The summed E-state index contributed by atoms with van der Waals surface area (Å²) in [7, 11) is -1.82. The molecule has 2 rings (SSSR count). The van der Waals surface area contributed by atoms with Gasteiger partial charge in [0, 0.05) is 24.4 Å². The first kappa shape index (κ1) is 15.2. The van der Waals surface area contributed by atoms with Crippen LogP contribution in [0.3, 0.4) is 0 Å². The summed E-state index contributed by atoms with van der Waals surface area (Å²) >= 11 is 0. The van der Waals surface area contributed by atoms with Crippen molar-refractivity contribution in [2.75, 3.05) is 26.4 Å². The summed E-state index contributed by atoms with van der Waals surface area (Å²) < 4.78 is 36.9. The van der Waals surface area contributed by atoms with E-state index in [-0.39, 0.29) is 6.04 Å². The molecule has 20 heavy (non-hydrogen) atoms. The second-order valence-electron chi connectivity index (χ2n) is 5.38. The highest BCUT2D eigenvalue weighted by molar-refractivity contribution is 7.90. The van der Waals surface area contributed by atoms with Gasteiger partial charge >= 0.3 is 0 Å². The van der Waals surface area contributed by atoms with Gasteiger partial charge in [-0.1, -0.05) is 6.07 Å². The number of likely N-dealkylation sites (tertiary alicyclic amines) is 1. The predicted molar refractivity (Wildman–Crippen MR) is 73.7 cm³/mol. The topological polar surface area (TPSA) is 83.6 Å². The highest BCUT2D eigenvalue weighted by atomic mass is 32.2. The predicted octanol–water partition coefficient (Wildman–Crippen LogP) is 0.886. The Morgan fingerprint density at radius 2 is 2.15 bits per heavy atom. The molecule has 2 unspecified atom stereocenters. The van der Waals surface area contributed by atoms with Crippen LogP contribution in [0.4, 0.5) is 4.39 Å². The molecule has 3 N–H and O–H groups in total. The number of phenols is 1. The number of hydrogen-bond donors (Lipinski definition) is 2. The van der Waals surface area contributed by atoms with Crippen molar-refractivity contribution in [3.8, 4) is 5.75 Å². The molecule has 0 radical (unpaired) electrons. The van der Waals surface area contributed by atoms with Gasteiger partial charge in [0.05, 0.1) is 0 Å². The molecule has 1 saturated heterocycles. The molecular formula is C13H19FN2O3S. The number of rotatable bonds is 3. The largest absolute Gasteiger partial charge is 0.505 e. The van der Waals surface area contributed by atoms with Gasteiger partial charge in [0.2, 0.25) is 0 Å². The number of nitrogens with zero attached hydrogens (tertiary/aromatic N) is 1. The number of nitrogens with two attached hydrogens (primary N) is 1. The van der Waals surface area contributed by atoms with Crippen LogP contribution in [0, 0.1) is 11.7 Å². The highest BCUT2D eigenvalue weighted by Crippen LogP contribution is 2.40. The van der Waals surface area contributed by atoms with E-state index in [1.54, 1.807) is 0 Å². The van der Waals surface area contributed by atoms with E-state index in [0.29, 0.717) is 18.0 Å². The minimum Gasteiger partial charge on any atom is -0.505 e. The minimum atomic E-state index is -3.69. The van der Waals surface area contributed by atoms with Crippen LogP contribution in [0.1, 0.15) is 18.0 Å². The lowest BCUT2D eigenvalue weighted by molar-refractivity contribution is 0.301. The Morgan fingerprint density at radius 3 is 2.65 bits per heavy atom. The monoisotopic (exact) mass is 302 g/mol. The zero-order valence-corrected chi connectivity index (χ0v) is 12.3. The Bertz CT molecular complexity index is 618. The van der Waals surface area contributed by atoms with E-state index >= 15 is 0 Å². The fourth-order valence-electron chi connectivity index (χ4n) is 2.76. The number of halogens is 1. The third-order valence-electron chi connectivity index (χ3n) is 3.84. The van der Waals surface area contributed by atoms with Crippen LogP contribution < -0.4 is 5.73 Å². The van der Waals surface area contributed by atoms with Gasteiger partial charge in [0.15, 0.2) is 21.4 Å². The molecule has 1 aliphatic rings. The van der Waals surface area contributed by atoms with Gasteiger partial charge in [-0.05, 0) is 32.0 Å². The number of sulfone groups is 1. The van der Waals surface area contributed by atoms with Crippen molar-refractivity contribution in [1.29, 1.82) is 0 Å². The van der Waals surface area contributed by atoms with Crippen molar-refractivity contribution in [3.63, 3.8) is 0 Å². The molecule has 1 aromatic rings. The van der Waals surface area contributed by atoms with Gasteiger partial charge in [0.1, 0.15) is 4.90 Å². The van der Waals surface area contributed by atoms with Crippen molar-refractivity contribution in [2.45, 2.75) is 17.4 Å². The van der Waals surface area contributed by atoms with E-state index < -0.39 is 26.3 Å². The van der Waals surface area contributed by atoms with E-state index in [4.69, 9.17) is 5.73 Å². The van der Waals surface area contributed by atoms with Crippen LogP contribution in [0.2, 0.25) is 0 Å². The molecule has 5 nitrogen and oxygen atoms in total. The van der Waals surface area contributed by atoms with Crippen molar-refractivity contribution in [2.24, 2.45) is 11.7 Å². The van der Waals surface area contributed by atoms with Crippen molar-refractivity contribution in [1.82, 2.24) is 4.90 Å². The zero-order valence-electron chi connectivity index (χ0n) is 11.5. The van der Waals surface area contributed by atoms with Gasteiger partial charge in [-0.2, -0.15) is 0 Å². The van der Waals surface area contributed by atoms with Gasteiger partial charge in [-0.3, -0.25) is 4.90 Å². The molecule has 1 aliphatic heterocycles. The van der Waals surface area contributed by atoms with Crippen molar-refractivity contribution in [3.05, 3.63) is 23.5 Å². The summed E-state index contributed by atoms with van der Waals surface area (Å²) in [6, 6.07) is 2.55. The Morgan fingerprint density at radius 1 is 1.50 bits per heavy atom. The molecule has 0 spiro atoms. The maximum absolute atomic E-state index is 14.0.